The van der Waals surface area contributed by atoms with Crippen LogP contribution in [0.1, 0.15) is 12.5 Å². The van der Waals surface area contributed by atoms with Gasteiger partial charge in [0.1, 0.15) is 0 Å². The smallest absolute Gasteiger partial charge is 0.0491 e. The Morgan fingerprint density at radius 1 is 1.40 bits per heavy atom. The number of alkyl halides is 2. The van der Waals surface area contributed by atoms with Gasteiger partial charge in [0.25, 0.3) is 0 Å². The Labute approximate surface area is 113 Å². The van der Waals surface area contributed by atoms with Crippen LogP contribution in [0.5, 0.6) is 0 Å². The van der Waals surface area contributed by atoms with Gasteiger partial charge in [-0.2, -0.15) is 6.07 Å². The first-order chi connectivity index (χ1) is 6.44. The number of hydrogen-bond acceptors (Lipinski definition) is 0. The van der Waals surface area contributed by atoms with E-state index in [9.17, 15) is 8.78 Å². The van der Waals surface area contributed by atoms with Gasteiger partial charge in [-0.3, -0.25) is 0 Å². The van der Waals surface area contributed by atoms with Gasteiger partial charge in [-0.1, -0.05) is 6.42 Å². The van der Waals surface area contributed by atoms with E-state index in [-0.39, 0.29) is 34.0 Å². The van der Waals surface area contributed by atoms with Crippen LogP contribution in [0.4, 0.5) is 8.78 Å². The fraction of sp³-hybridized carbons (Fsp3) is 0.400. The van der Waals surface area contributed by atoms with E-state index in [2.05, 4.69) is 0 Å². The Bertz CT molecular complexity index is 329. The molecule has 0 spiro atoms. The van der Waals surface area contributed by atoms with Crippen LogP contribution < -0.4 is 0 Å². The summed E-state index contributed by atoms with van der Waals surface area (Å²) in [6, 6.07) is 4.46. The van der Waals surface area contributed by atoms with E-state index in [4.69, 9.17) is 23.2 Å². The molecule has 0 aliphatic carbocycles. The van der Waals surface area contributed by atoms with Crippen LogP contribution in [0.25, 0.3) is 0 Å². The molecule has 0 aliphatic rings. The van der Waals surface area contributed by atoms with E-state index in [0.29, 0.717) is 5.56 Å². The molecule has 0 fully saturated rings. The van der Waals surface area contributed by atoms with Gasteiger partial charge in [0.15, 0.2) is 0 Å². The van der Waals surface area contributed by atoms with Gasteiger partial charge in [0.2, 0.25) is 0 Å². The zero-order chi connectivity index (χ0) is 10.8. The van der Waals surface area contributed by atoms with Crippen molar-refractivity contribution in [3.8, 4) is 0 Å². The van der Waals surface area contributed by atoms with E-state index in [1.165, 1.54) is 6.07 Å². The molecule has 0 nitrogen and oxygen atoms in total. The molecule has 0 aromatic heterocycles. The molecule has 0 bridgehead atoms. The van der Waals surface area contributed by atoms with Crippen molar-refractivity contribution in [2.24, 2.45) is 0 Å². The molecular formula is C10H9Cl2F2Ti-. The van der Waals surface area contributed by atoms with Gasteiger partial charge in [0, 0.05) is 44.1 Å². The Morgan fingerprint density at radius 3 is 2.47 bits per heavy atom. The van der Waals surface area contributed by atoms with Crippen molar-refractivity contribution in [3.05, 3.63) is 35.4 Å². The van der Waals surface area contributed by atoms with Gasteiger partial charge in [0.05, 0.1) is 0 Å². The molecule has 0 saturated carbocycles. The van der Waals surface area contributed by atoms with Crippen molar-refractivity contribution in [3.63, 3.8) is 0 Å². The van der Waals surface area contributed by atoms with Gasteiger partial charge >= 0.3 is 0 Å². The fourth-order valence-electron chi connectivity index (χ4n) is 1.05. The third kappa shape index (κ3) is 4.82. The average Bonchev–Trinajstić information content (AvgIpc) is 2.10. The Balaban J connectivity index is 0.00000196. The maximum absolute atomic E-state index is 13.1. The second-order valence-electron chi connectivity index (χ2n) is 3.37. The summed E-state index contributed by atoms with van der Waals surface area (Å²) in [7, 11) is 0. The zero-order valence-corrected chi connectivity index (χ0v) is 11.2. The summed E-state index contributed by atoms with van der Waals surface area (Å²) in [5.74, 6) is -1.22. The van der Waals surface area contributed by atoms with Gasteiger partial charge in [-0.05, 0) is 6.92 Å². The van der Waals surface area contributed by atoms with Crippen LogP contribution >= 0.6 is 23.2 Å². The summed E-state index contributed by atoms with van der Waals surface area (Å²) in [6.07, 6.45) is 0.251. The molecule has 0 N–H and O–H groups in total. The molecule has 1 rings (SSSR count). The van der Waals surface area contributed by atoms with Gasteiger partial charge in [-0.15, -0.1) is 40.9 Å². The molecule has 0 saturated heterocycles. The van der Waals surface area contributed by atoms with Crippen LogP contribution in [-0.4, -0.2) is 10.8 Å². The number of benzene rings is 1. The fourth-order valence-corrected chi connectivity index (χ4v) is 1.29. The summed E-state index contributed by atoms with van der Waals surface area (Å²) < 4.78 is 25.6. The minimum atomic E-state index is -0.714. The van der Waals surface area contributed by atoms with E-state index in [0.717, 1.165) is 6.07 Å². The molecular weight excluding hydrogens is 277 g/mol. The van der Waals surface area contributed by atoms with Crippen molar-refractivity contribution < 1.29 is 30.5 Å². The van der Waals surface area contributed by atoms with Crippen LogP contribution in [0.3, 0.4) is 0 Å². The summed E-state index contributed by atoms with van der Waals surface area (Å²) in [5.41, 5.74) is 0.324. The molecule has 1 aromatic rings. The molecule has 1 atom stereocenters. The van der Waals surface area contributed by atoms with E-state index >= 15 is 0 Å². The first-order valence-electron chi connectivity index (χ1n) is 4.06. The Hall–Kier alpha value is 0.374. The SMILES string of the molecule is CC(Cl)(CCl)Cc1ccc(F)[c-]c1F.[Ti]. The standard InChI is InChI=1S/C10H9Cl2F2.Ti/c1-10(12,6-11)5-7-2-3-8(13)4-9(7)14;/h2-3H,5-6H2,1H3;/q-1;. The Morgan fingerprint density at radius 2 is 2.00 bits per heavy atom. The molecule has 15 heavy (non-hydrogen) atoms. The predicted molar refractivity (Wildman–Crippen MR) is 53.9 cm³/mol. The van der Waals surface area contributed by atoms with Crippen LogP contribution in [-0.2, 0) is 28.1 Å². The molecule has 1 unspecified atom stereocenters. The normalized spacial score (nSPS) is 14.2. The summed E-state index contributed by atoms with van der Waals surface area (Å²) in [4.78, 5) is -0.714. The summed E-state index contributed by atoms with van der Waals surface area (Å²) >= 11 is 11.5. The largest absolute Gasteiger partial charge is 0.236 e. The summed E-state index contributed by atoms with van der Waals surface area (Å²) in [6.45, 7) is 1.70. The number of hydrogen-bond donors (Lipinski definition) is 0. The third-order valence-electron chi connectivity index (χ3n) is 1.78. The average molecular weight is 286 g/mol. The molecule has 0 heterocycles. The first-order valence-corrected chi connectivity index (χ1v) is 4.97. The van der Waals surface area contributed by atoms with Crippen LogP contribution in [0.15, 0.2) is 12.1 Å². The maximum Gasteiger partial charge on any atom is 0.0491 e. The third-order valence-corrected chi connectivity index (χ3v) is 2.77. The van der Waals surface area contributed by atoms with Crippen molar-refractivity contribution >= 4 is 23.2 Å². The first kappa shape index (κ1) is 15.4. The topological polar surface area (TPSA) is 0 Å². The monoisotopic (exact) mass is 285 g/mol. The minimum Gasteiger partial charge on any atom is -0.236 e. The van der Waals surface area contributed by atoms with Crippen molar-refractivity contribution in [1.29, 1.82) is 0 Å². The Kier molecular flexibility index (Phi) is 6.35. The van der Waals surface area contributed by atoms with Crippen molar-refractivity contribution in [2.75, 3.05) is 5.88 Å². The van der Waals surface area contributed by atoms with Gasteiger partial charge in [-0.25, -0.2) is 8.78 Å². The van der Waals surface area contributed by atoms with E-state index in [1.54, 1.807) is 6.92 Å². The minimum absolute atomic E-state index is 0. The van der Waals surface area contributed by atoms with Gasteiger partial charge < -0.3 is 0 Å². The number of halogens is 4. The zero-order valence-electron chi connectivity index (χ0n) is 8.08. The molecule has 0 amide bonds. The molecule has 1 aromatic carbocycles. The predicted octanol–water partition coefficient (Wildman–Crippen LogP) is 3.54. The second kappa shape index (κ2) is 6.19. The summed E-state index contributed by atoms with van der Waals surface area (Å²) in [5, 5.41) is 0. The number of rotatable bonds is 3. The quantitative estimate of drug-likeness (QED) is 0.453. The second-order valence-corrected chi connectivity index (χ2v) is 4.55. The van der Waals surface area contributed by atoms with Crippen molar-refractivity contribution in [2.45, 2.75) is 18.2 Å². The van der Waals surface area contributed by atoms with E-state index in [1.807, 2.05) is 6.07 Å². The van der Waals surface area contributed by atoms with E-state index < -0.39 is 16.5 Å². The molecule has 0 aliphatic heterocycles. The van der Waals surface area contributed by atoms with Crippen LogP contribution in [0, 0.1) is 17.7 Å². The van der Waals surface area contributed by atoms with Crippen molar-refractivity contribution in [1.82, 2.24) is 0 Å². The molecule has 82 valence electrons. The van der Waals surface area contributed by atoms with Crippen LogP contribution in [0.2, 0.25) is 0 Å². The maximum atomic E-state index is 13.1. The molecule has 5 heteroatoms. The molecule has 0 radical (unpaired) electrons.